The van der Waals surface area contributed by atoms with Crippen molar-refractivity contribution < 1.29 is 0 Å². The molecule has 0 aliphatic heterocycles. The van der Waals surface area contributed by atoms with Gasteiger partial charge in [0.25, 0.3) is 0 Å². The van der Waals surface area contributed by atoms with Crippen LogP contribution in [0.5, 0.6) is 0 Å². The van der Waals surface area contributed by atoms with Gasteiger partial charge < -0.3 is 5.73 Å². The third-order valence-electron chi connectivity index (χ3n) is 2.28. The van der Waals surface area contributed by atoms with Crippen LogP contribution >= 0.6 is 11.3 Å². The molecule has 2 rings (SSSR count). The van der Waals surface area contributed by atoms with Crippen LogP contribution in [-0.4, -0.2) is 16.3 Å². The van der Waals surface area contributed by atoms with E-state index in [1.807, 2.05) is 16.1 Å². The first-order valence-corrected chi connectivity index (χ1v) is 5.97. The maximum Gasteiger partial charge on any atom is 0.103 e. The normalized spacial score (nSPS) is 10.2. The van der Waals surface area contributed by atoms with E-state index < -0.39 is 0 Å². The van der Waals surface area contributed by atoms with E-state index in [-0.39, 0.29) is 0 Å². The highest BCUT2D eigenvalue weighted by atomic mass is 32.1. The van der Waals surface area contributed by atoms with Crippen molar-refractivity contribution in [2.45, 2.75) is 13.0 Å². The Bertz CT molecular complexity index is 491. The van der Waals surface area contributed by atoms with Gasteiger partial charge in [0.1, 0.15) is 12.2 Å². The van der Waals surface area contributed by atoms with E-state index in [1.165, 1.54) is 0 Å². The summed E-state index contributed by atoms with van der Waals surface area (Å²) < 4.78 is 1.85. The number of thiophene rings is 1. The molecule has 0 saturated heterocycles. The third kappa shape index (κ3) is 2.16. The second kappa shape index (κ2) is 4.97. The first-order chi connectivity index (χ1) is 7.85. The monoisotopic (exact) mass is 231 g/mol. The molecule has 4 heteroatoms. The largest absolute Gasteiger partial charge is 0.330 e. The molecular weight excluding hydrogens is 218 g/mol. The van der Waals surface area contributed by atoms with E-state index in [1.54, 1.807) is 11.3 Å². The van der Waals surface area contributed by atoms with Crippen LogP contribution in [0.4, 0.5) is 0 Å². The SMILES string of the molecule is C#CCn1nc(-c2cccs2)cc1CCN. The molecule has 2 N–H and O–H groups in total. The van der Waals surface area contributed by atoms with Crippen molar-refractivity contribution in [3.63, 3.8) is 0 Å². The van der Waals surface area contributed by atoms with Crippen LogP contribution in [-0.2, 0) is 13.0 Å². The van der Waals surface area contributed by atoms with E-state index in [2.05, 4.69) is 23.2 Å². The van der Waals surface area contributed by atoms with Gasteiger partial charge in [0.2, 0.25) is 0 Å². The predicted octanol–water partition coefficient (Wildman–Crippen LogP) is 1.75. The van der Waals surface area contributed by atoms with Crippen LogP contribution in [0, 0.1) is 12.3 Å². The smallest absolute Gasteiger partial charge is 0.103 e. The van der Waals surface area contributed by atoms with Gasteiger partial charge in [-0.2, -0.15) is 5.10 Å². The number of aromatic nitrogens is 2. The number of nitrogens with zero attached hydrogens (tertiary/aromatic N) is 2. The molecule has 2 aromatic heterocycles. The molecule has 0 atom stereocenters. The Balaban J connectivity index is 2.35. The molecule has 2 aromatic rings. The minimum Gasteiger partial charge on any atom is -0.330 e. The Morgan fingerprint density at radius 2 is 2.44 bits per heavy atom. The molecule has 0 radical (unpaired) electrons. The summed E-state index contributed by atoms with van der Waals surface area (Å²) >= 11 is 1.68. The average molecular weight is 231 g/mol. The highest BCUT2D eigenvalue weighted by Crippen LogP contribution is 2.24. The van der Waals surface area contributed by atoms with Crippen LogP contribution in [0.1, 0.15) is 5.69 Å². The maximum absolute atomic E-state index is 5.56. The van der Waals surface area contributed by atoms with Gasteiger partial charge in [-0.1, -0.05) is 12.0 Å². The van der Waals surface area contributed by atoms with Gasteiger partial charge in [0.05, 0.1) is 4.88 Å². The lowest BCUT2D eigenvalue weighted by molar-refractivity contribution is 0.668. The Hall–Kier alpha value is -1.57. The summed E-state index contributed by atoms with van der Waals surface area (Å²) in [5, 5.41) is 6.53. The fraction of sp³-hybridized carbons (Fsp3) is 0.250. The molecule has 0 aromatic carbocycles. The fourth-order valence-corrected chi connectivity index (χ4v) is 2.25. The Kier molecular flexibility index (Phi) is 3.40. The van der Waals surface area contributed by atoms with Gasteiger partial charge in [-0.05, 0) is 24.1 Å². The molecule has 0 saturated carbocycles. The number of terminal acetylenes is 1. The fourth-order valence-electron chi connectivity index (χ4n) is 1.57. The zero-order chi connectivity index (χ0) is 11.4. The van der Waals surface area contributed by atoms with Gasteiger partial charge in [0, 0.05) is 12.1 Å². The molecule has 0 bridgehead atoms. The zero-order valence-electron chi connectivity index (χ0n) is 8.89. The summed E-state index contributed by atoms with van der Waals surface area (Å²) in [6.07, 6.45) is 6.12. The Morgan fingerprint density at radius 1 is 1.56 bits per heavy atom. The van der Waals surface area contributed by atoms with E-state index in [0.29, 0.717) is 13.1 Å². The van der Waals surface area contributed by atoms with Gasteiger partial charge in [0.15, 0.2) is 0 Å². The van der Waals surface area contributed by atoms with Crippen molar-refractivity contribution in [2.24, 2.45) is 5.73 Å². The molecular formula is C12H13N3S. The number of rotatable bonds is 4. The summed E-state index contributed by atoms with van der Waals surface area (Å²) in [5.41, 5.74) is 7.64. The standard InChI is InChI=1S/C12H13N3S/c1-2-7-15-10(5-6-13)9-11(14-15)12-4-3-8-16-12/h1,3-4,8-9H,5-7,13H2. The second-order valence-electron chi connectivity index (χ2n) is 3.40. The van der Waals surface area contributed by atoms with E-state index in [4.69, 9.17) is 12.2 Å². The molecule has 3 nitrogen and oxygen atoms in total. The van der Waals surface area contributed by atoms with Crippen LogP contribution in [0.25, 0.3) is 10.6 Å². The minimum atomic E-state index is 0.501. The first kappa shape index (κ1) is 10.9. The van der Waals surface area contributed by atoms with E-state index in [9.17, 15) is 0 Å². The van der Waals surface area contributed by atoms with Crippen molar-refractivity contribution in [3.8, 4) is 22.9 Å². The maximum atomic E-state index is 5.56. The number of nitrogens with two attached hydrogens (primary N) is 1. The molecule has 2 heterocycles. The van der Waals surface area contributed by atoms with Crippen molar-refractivity contribution in [1.82, 2.24) is 9.78 Å². The van der Waals surface area contributed by atoms with E-state index in [0.717, 1.165) is 22.7 Å². The molecule has 0 spiro atoms. The molecule has 0 aliphatic carbocycles. The predicted molar refractivity (Wildman–Crippen MR) is 67.1 cm³/mol. The lowest BCUT2D eigenvalue weighted by atomic mass is 10.2. The molecule has 0 unspecified atom stereocenters. The van der Waals surface area contributed by atoms with Crippen molar-refractivity contribution in [1.29, 1.82) is 0 Å². The van der Waals surface area contributed by atoms with Crippen LogP contribution in [0.3, 0.4) is 0 Å². The van der Waals surface area contributed by atoms with Crippen LogP contribution < -0.4 is 5.73 Å². The summed E-state index contributed by atoms with van der Waals surface area (Å²) in [7, 11) is 0. The Labute approximate surface area is 98.9 Å². The van der Waals surface area contributed by atoms with Crippen LogP contribution in [0.2, 0.25) is 0 Å². The second-order valence-corrected chi connectivity index (χ2v) is 4.35. The van der Waals surface area contributed by atoms with Crippen molar-refractivity contribution >= 4 is 11.3 Å². The number of hydrogen-bond donors (Lipinski definition) is 1. The minimum absolute atomic E-state index is 0.501. The molecule has 16 heavy (non-hydrogen) atoms. The molecule has 0 fully saturated rings. The highest BCUT2D eigenvalue weighted by Gasteiger charge is 2.08. The summed E-state index contributed by atoms with van der Waals surface area (Å²) in [5.74, 6) is 2.60. The topological polar surface area (TPSA) is 43.8 Å². The molecule has 0 amide bonds. The first-order valence-electron chi connectivity index (χ1n) is 5.09. The summed E-state index contributed by atoms with van der Waals surface area (Å²) in [6, 6.07) is 6.14. The average Bonchev–Trinajstić information content (AvgIpc) is 2.89. The lowest BCUT2D eigenvalue weighted by Crippen LogP contribution is -2.09. The highest BCUT2D eigenvalue weighted by molar-refractivity contribution is 7.13. The van der Waals surface area contributed by atoms with Crippen molar-refractivity contribution in [2.75, 3.05) is 6.54 Å². The van der Waals surface area contributed by atoms with Gasteiger partial charge in [-0.3, -0.25) is 4.68 Å². The summed E-state index contributed by atoms with van der Waals surface area (Å²) in [6.45, 7) is 1.11. The van der Waals surface area contributed by atoms with Crippen LogP contribution in [0.15, 0.2) is 23.6 Å². The quantitative estimate of drug-likeness (QED) is 0.815. The van der Waals surface area contributed by atoms with E-state index >= 15 is 0 Å². The van der Waals surface area contributed by atoms with Crippen molar-refractivity contribution in [3.05, 3.63) is 29.3 Å². The Morgan fingerprint density at radius 3 is 3.06 bits per heavy atom. The summed E-state index contributed by atoms with van der Waals surface area (Å²) in [4.78, 5) is 1.16. The van der Waals surface area contributed by atoms with Gasteiger partial charge in [-0.25, -0.2) is 0 Å². The number of hydrogen-bond acceptors (Lipinski definition) is 3. The third-order valence-corrected chi connectivity index (χ3v) is 3.17. The zero-order valence-corrected chi connectivity index (χ0v) is 9.70. The molecule has 82 valence electrons. The molecule has 0 aliphatic rings. The van der Waals surface area contributed by atoms with Gasteiger partial charge in [-0.15, -0.1) is 17.8 Å². The van der Waals surface area contributed by atoms with Gasteiger partial charge >= 0.3 is 0 Å². The lowest BCUT2D eigenvalue weighted by Gasteiger charge is -2.00.